The van der Waals surface area contributed by atoms with Crippen molar-refractivity contribution in [3.05, 3.63) is 42.6 Å². The van der Waals surface area contributed by atoms with E-state index in [0.717, 1.165) is 24.3 Å². The van der Waals surface area contributed by atoms with Gasteiger partial charge in [0, 0.05) is 12.2 Å². The van der Waals surface area contributed by atoms with Gasteiger partial charge in [-0.25, -0.2) is 0 Å². The number of alkyl halides is 14. The first-order chi connectivity index (χ1) is 18.6. The molecule has 1 rings (SSSR count). The lowest BCUT2D eigenvalue weighted by Crippen LogP contribution is -2.68. The molecular formula is C21H20F15NO4Si. The van der Waals surface area contributed by atoms with Gasteiger partial charge in [0.15, 0.2) is 0 Å². The minimum atomic E-state index is -7.79. The first-order valence-electron chi connectivity index (χ1n) is 11.0. The maximum atomic E-state index is 15.3. The van der Waals surface area contributed by atoms with Gasteiger partial charge in [-0.3, -0.25) is 14.3 Å². The summed E-state index contributed by atoms with van der Waals surface area (Å²) in [4.78, 5) is 13.8. The van der Waals surface area contributed by atoms with E-state index in [1.54, 1.807) is 17.8 Å². The molecular weight excluding hydrogens is 643 g/mol. The van der Waals surface area contributed by atoms with Crippen molar-refractivity contribution >= 4 is 19.7 Å². The molecule has 0 fully saturated rings. The molecule has 0 saturated heterocycles. The average molecular weight is 663 g/mol. The number of benzene rings is 1. The van der Waals surface area contributed by atoms with Crippen LogP contribution in [0.5, 0.6) is 0 Å². The van der Waals surface area contributed by atoms with Crippen LogP contribution in [0.2, 0.25) is 19.1 Å². The van der Waals surface area contributed by atoms with E-state index in [1.165, 1.54) is 16.7 Å². The molecule has 0 N–H and O–H groups in total. The lowest BCUT2D eigenvalue weighted by Gasteiger charge is -2.40. The van der Waals surface area contributed by atoms with E-state index >= 15 is 4.39 Å². The molecule has 0 radical (unpaired) electrons. The standard InChI is InChI=1S/C21H20F15NO4Si/c1-4-42(2,3)12-8-11-37(13-9-6-5-7-10-13)14(38)15(22,17(24,25)26)39-19(30,31)16(23,18(27,28)29)40-20(32,33)21(34,35)41-36/h4-7,9-10H,1,8,11-12H2,2-3H3. The molecule has 242 valence electrons. The van der Waals surface area contributed by atoms with Crippen molar-refractivity contribution in [2.24, 2.45) is 0 Å². The van der Waals surface area contributed by atoms with E-state index in [1.807, 2.05) is 0 Å². The molecule has 42 heavy (non-hydrogen) atoms. The summed E-state index contributed by atoms with van der Waals surface area (Å²) in [5, 5.41) is 0. The maximum absolute atomic E-state index is 15.3. The number of carbonyl (C=O) groups is 1. The highest BCUT2D eigenvalue weighted by Crippen LogP contribution is 2.54. The summed E-state index contributed by atoms with van der Waals surface area (Å²) >= 11 is 0. The summed E-state index contributed by atoms with van der Waals surface area (Å²) in [5.41, 5.74) is 0.815. The Morgan fingerprint density at radius 2 is 1.31 bits per heavy atom. The summed E-state index contributed by atoms with van der Waals surface area (Å²) in [7, 11) is -2.29. The van der Waals surface area contributed by atoms with Crippen LogP contribution >= 0.6 is 0 Å². The highest BCUT2D eigenvalue weighted by Gasteiger charge is 2.83. The Balaban J connectivity index is 3.72. The van der Waals surface area contributed by atoms with Crippen molar-refractivity contribution in [2.45, 2.75) is 67.9 Å². The summed E-state index contributed by atoms with van der Waals surface area (Å²) in [6.45, 7) is 5.94. The fraction of sp³-hybridized carbons (Fsp3) is 0.571. The predicted octanol–water partition coefficient (Wildman–Crippen LogP) is 8.01. The summed E-state index contributed by atoms with van der Waals surface area (Å²) < 4.78 is 207. The van der Waals surface area contributed by atoms with E-state index in [4.69, 9.17) is 0 Å². The van der Waals surface area contributed by atoms with Crippen LogP contribution in [0.25, 0.3) is 0 Å². The Kier molecular flexibility index (Phi) is 10.9. The van der Waals surface area contributed by atoms with E-state index in [2.05, 4.69) is 11.3 Å². The number of ether oxygens (including phenoxy) is 2. The predicted molar refractivity (Wildman–Crippen MR) is 115 cm³/mol. The van der Waals surface area contributed by atoms with Gasteiger partial charge >= 0.3 is 48.3 Å². The van der Waals surface area contributed by atoms with Crippen LogP contribution in [0.1, 0.15) is 6.42 Å². The molecule has 0 bridgehead atoms. The van der Waals surface area contributed by atoms with Crippen LogP contribution in [-0.4, -0.2) is 62.9 Å². The monoisotopic (exact) mass is 663 g/mol. The van der Waals surface area contributed by atoms with Gasteiger partial charge in [-0.1, -0.05) is 37.3 Å². The number of hydrogen-bond acceptors (Lipinski definition) is 4. The van der Waals surface area contributed by atoms with Gasteiger partial charge in [-0.2, -0.15) is 61.5 Å². The third-order valence-electron chi connectivity index (χ3n) is 5.42. The molecule has 1 aromatic carbocycles. The summed E-state index contributed by atoms with van der Waals surface area (Å²) in [5.74, 6) is -17.7. The average Bonchev–Trinajstić information content (AvgIpc) is 2.84. The number of hydrogen-bond donors (Lipinski definition) is 0. The molecule has 0 aliphatic rings. The van der Waals surface area contributed by atoms with Gasteiger partial charge in [0.2, 0.25) is 0 Å². The number of para-hydroxylation sites is 1. The zero-order valence-electron chi connectivity index (χ0n) is 21.0. The van der Waals surface area contributed by atoms with Crippen LogP contribution in [-0.2, 0) is 19.2 Å². The number of amides is 1. The third kappa shape index (κ3) is 7.70. The first kappa shape index (κ1) is 37.5. The highest BCUT2D eigenvalue weighted by atomic mass is 28.3. The normalized spacial score (nSPS) is 16.9. The lowest BCUT2D eigenvalue weighted by molar-refractivity contribution is -0.564. The number of carbonyl (C=O) groups excluding carboxylic acids is 1. The molecule has 21 heteroatoms. The second-order valence-corrected chi connectivity index (χ2v) is 14.0. The van der Waals surface area contributed by atoms with Crippen LogP contribution in [0.4, 0.5) is 71.7 Å². The number of nitrogens with zero attached hydrogens (tertiary/aromatic N) is 1. The van der Waals surface area contributed by atoms with Crippen molar-refractivity contribution in [3.63, 3.8) is 0 Å². The minimum absolute atomic E-state index is 0.116. The second-order valence-electron chi connectivity index (χ2n) is 9.11. The molecule has 0 heterocycles. The van der Waals surface area contributed by atoms with E-state index in [9.17, 15) is 66.4 Å². The molecule has 2 atom stereocenters. The highest BCUT2D eigenvalue weighted by molar-refractivity contribution is 6.82. The maximum Gasteiger partial charge on any atom is 0.478 e. The molecule has 0 aromatic heterocycles. The van der Waals surface area contributed by atoms with Crippen LogP contribution < -0.4 is 4.90 Å². The minimum Gasteiger partial charge on any atom is -0.307 e. The van der Waals surface area contributed by atoms with Crippen molar-refractivity contribution in [1.29, 1.82) is 0 Å². The molecule has 0 spiro atoms. The number of halogens is 15. The zero-order valence-corrected chi connectivity index (χ0v) is 22.0. The number of anilines is 1. The van der Waals surface area contributed by atoms with E-state index in [0.29, 0.717) is 0 Å². The SMILES string of the molecule is C=C[Si](C)(C)CCCN(C(=O)C(F)(OC(F)(F)C(F)(OC(F)(F)C(F)(F)OF)C(F)(F)F)C(F)(F)F)c1ccccc1. The Morgan fingerprint density at radius 1 is 0.810 bits per heavy atom. The zero-order chi connectivity index (χ0) is 33.2. The topological polar surface area (TPSA) is 48.0 Å². The molecule has 5 nitrogen and oxygen atoms in total. The van der Waals surface area contributed by atoms with Gasteiger partial charge in [-0.05, 0) is 23.1 Å². The largest absolute Gasteiger partial charge is 0.478 e. The van der Waals surface area contributed by atoms with Crippen molar-refractivity contribution in [3.8, 4) is 0 Å². The van der Waals surface area contributed by atoms with Crippen LogP contribution in [0, 0.1) is 0 Å². The Bertz CT molecular complexity index is 1080. The molecule has 1 amide bonds. The quantitative estimate of drug-likeness (QED) is 0.150. The smallest absolute Gasteiger partial charge is 0.307 e. The van der Waals surface area contributed by atoms with Gasteiger partial charge in [-0.15, -0.1) is 17.2 Å². The van der Waals surface area contributed by atoms with Gasteiger partial charge in [0.1, 0.15) is 0 Å². The summed E-state index contributed by atoms with van der Waals surface area (Å²) in [6, 6.07) is 5.05. The second kappa shape index (κ2) is 12.2. The van der Waals surface area contributed by atoms with Gasteiger partial charge in [0.05, 0.1) is 8.07 Å². The molecule has 0 aliphatic carbocycles. The van der Waals surface area contributed by atoms with Crippen molar-refractivity contribution < 1.29 is 85.2 Å². The molecule has 2 unspecified atom stereocenters. The lowest BCUT2D eigenvalue weighted by atomic mass is 10.1. The first-order valence-corrected chi connectivity index (χ1v) is 14.3. The fourth-order valence-corrected chi connectivity index (χ4v) is 4.23. The molecule has 0 aliphatic heterocycles. The Labute approximate surface area is 227 Å². The third-order valence-corrected chi connectivity index (χ3v) is 8.17. The van der Waals surface area contributed by atoms with E-state index in [-0.39, 0.29) is 17.4 Å². The Hall–Kier alpha value is -2.52. The summed E-state index contributed by atoms with van der Waals surface area (Å²) in [6.07, 6.45) is -37.1. The van der Waals surface area contributed by atoms with Crippen molar-refractivity contribution in [2.75, 3.05) is 11.4 Å². The van der Waals surface area contributed by atoms with Gasteiger partial charge < -0.3 is 4.90 Å². The fourth-order valence-electron chi connectivity index (χ4n) is 2.95. The number of rotatable bonds is 14. The Morgan fingerprint density at radius 3 is 1.71 bits per heavy atom. The van der Waals surface area contributed by atoms with Crippen molar-refractivity contribution in [1.82, 2.24) is 0 Å². The van der Waals surface area contributed by atoms with Crippen LogP contribution in [0.15, 0.2) is 42.6 Å². The molecule has 1 aromatic rings. The van der Waals surface area contributed by atoms with Gasteiger partial charge in [0.25, 0.3) is 0 Å². The van der Waals surface area contributed by atoms with Crippen LogP contribution in [0.3, 0.4) is 0 Å². The van der Waals surface area contributed by atoms with E-state index < -0.39 is 68.6 Å². The molecule has 0 saturated carbocycles.